The molecular formula is C11H12N2O3. The van der Waals surface area contributed by atoms with Crippen LogP contribution in [0.1, 0.15) is 6.92 Å². The summed E-state index contributed by atoms with van der Waals surface area (Å²) in [6.07, 6.45) is 0. The van der Waals surface area contributed by atoms with E-state index in [1.54, 1.807) is 6.07 Å². The molecule has 2 N–H and O–H groups in total. The molecule has 0 bridgehead atoms. The molecule has 5 nitrogen and oxygen atoms in total. The van der Waals surface area contributed by atoms with Gasteiger partial charge in [0.1, 0.15) is 19.3 Å². The van der Waals surface area contributed by atoms with Crippen molar-refractivity contribution < 1.29 is 14.3 Å². The highest BCUT2D eigenvalue weighted by Gasteiger charge is 2.24. The number of carbonyl (C=O) groups is 1. The zero-order valence-electron chi connectivity index (χ0n) is 8.87. The number of anilines is 2. The number of rotatable bonds is 0. The van der Waals surface area contributed by atoms with E-state index in [0.717, 1.165) is 17.1 Å². The van der Waals surface area contributed by atoms with Gasteiger partial charge in [-0.25, -0.2) is 0 Å². The molecule has 0 saturated heterocycles. The van der Waals surface area contributed by atoms with E-state index >= 15 is 0 Å². The summed E-state index contributed by atoms with van der Waals surface area (Å²) in [7, 11) is 0. The predicted molar refractivity (Wildman–Crippen MR) is 59.1 cm³/mol. The molecule has 0 fully saturated rings. The topological polar surface area (TPSA) is 59.6 Å². The van der Waals surface area contributed by atoms with E-state index < -0.39 is 0 Å². The molecule has 3 rings (SSSR count). The number of hydrogen-bond donors (Lipinski definition) is 2. The van der Waals surface area contributed by atoms with Crippen LogP contribution in [0.15, 0.2) is 12.1 Å². The molecule has 16 heavy (non-hydrogen) atoms. The van der Waals surface area contributed by atoms with Gasteiger partial charge in [0.25, 0.3) is 0 Å². The number of carbonyl (C=O) groups excluding carboxylic acids is 1. The van der Waals surface area contributed by atoms with Crippen LogP contribution in [0.25, 0.3) is 0 Å². The van der Waals surface area contributed by atoms with Gasteiger partial charge in [0.15, 0.2) is 11.5 Å². The Bertz CT molecular complexity index is 459. The highest BCUT2D eigenvalue weighted by atomic mass is 16.6. The molecule has 2 aliphatic heterocycles. The maximum absolute atomic E-state index is 11.5. The number of fused-ring (bicyclic) bond motifs is 2. The molecule has 1 atom stereocenters. The zero-order chi connectivity index (χ0) is 11.1. The molecule has 0 saturated carbocycles. The summed E-state index contributed by atoms with van der Waals surface area (Å²) in [6.45, 7) is 2.92. The minimum absolute atomic E-state index is 0.0378. The Morgan fingerprint density at radius 3 is 2.50 bits per heavy atom. The van der Waals surface area contributed by atoms with Gasteiger partial charge in [-0.05, 0) is 6.92 Å². The lowest BCUT2D eigenvalue weighted by atomic mass is 10.1. The molecule has 0 aromatic heterocycles. The van der Waals surface area contributed by atoms with Crippen LogP contribution in [0.3, 0.4) is 0 Å². The Labute approximate surface area is 92.7 Å². The summed E-state index contributed by atoms with van der Waals surface area (Å²) in [4.78, 5) is 11.5. The maximum atomic E-state index is 11.5. The fraction of sp³-hybridized carbons (Fsp3) is 0.364. The van der Waals surface area contributed by atoms with Crippen molar-refractivity contribution in [1.82, 2.24) is 0 Å². The minimum atomic E-state index is -0.227. The van der Waals surface area contributed by atoms with E-state index in [1.807, 2.05) is 13.0 Å². The highest BCUT2D eigenvalue weighted by molar-refractivity contribution is 6.03. The lowest BCUT2D eigenvalue weighted by Crippen LogP contribution is -2.36. The van der Waals surface area contributed by atoms with E-state index in [9.17, 15) is 4.79 Å². The Morgan fingerprint density at radius 1 is 1.19 bits per heavy atom. The number of hydrogen-bond acceptors (Lipinski definition) is 4. The molecule has 0 radical (unpaired) electrons. The van der Waals surface area contributed by atoms with Crippen molar-refractivity contribution in [1.29, 1.82) is 0 Å². The molecule has 84 valence electrons. The summed E-state index contributed by atoms with van der Waals surface area (Å²) in [6, 6.07) is 3.43. The van der Waals surface area contributed by atoms with Gasteiger partial charge in [-0.2, -0.15) is 0 Å². The average molecular weight is 220 g/mol. The second-order valence-corrected chi connectivity index (χ2v) is 3.90. The lowest BCUT2D eigenvalue weighted by molar-refractivity contribution is -0.116. The Balaban J connectivity index is 2.04. The normalized spacial score (nSPS) is 21.8. The first-order valence-electron chi connectivity index (χ1n) is 5.25. The van der Waals surface area contributed by atoms with Gasteiger partial charge in [0.2, 0.25) is 5.91 Å². The predicted octanol–water partition coefficient (Wildman–Crippen LogP) is 1.21. The quantitative estimate of drug-likeness (QED) is 0.690. The molecule has 2 aliphatic rings. The van der Waals surface area contributed by atoms with Crippen LogP contribution in [0.2, 0.25) is 0 Å². The molecule has 2 heterocycles. The van der Waals surface area contributed by atoms with Gasteiger partial charge >= 0.3 is 0 Å². The Hall–Kier alpha value is -1.91. The summed E-state index contributed by atoms with van der Waals surface area (Å²) in [5.41, 5.74) is 1.61. The van der Waals surface area contributed by atoms with E-state index in [4.69, 9.17) is 9.47 Å². The van der Waals surface area contributed by atoms with Crippen molar-refractivity contribution in [2.75, 3.05) is 23.8 Å². The smallest absolute Gasteiger partial charge is 0.246 e. The third kappa shape index (κ3) is 1.36. The van der Waals surface area contributed by atoms with Crippen LogP contribution >= 0.6 is 0 Å². The van der Waals surface area contributed by atoms with Gasteiger partial charge in [0, 0.05) is 12.1 Å². The van der Waals surface area contributed by atoms with Gasteiger partial charge in [0.05, 0.1) is 11.4 Å². The number of ether oxygens (including phenoxy) is 2. The third-order valence-electron chi connectivity index (χ3n) is 2.71. The van der Waals surface area contributed by atoms with Crippen LogP contribution in [0, 0.1) is 0 Å². The van der Waals surface area contributed by atoms with Crippen LogP contribution in [-0.4, -0.2) is 25.2 Å². The summed E-state index contributed by atoms with van der Waals surface area (Å²) in [5.74, 6) is 1.37. The summed E-state index contributed by atoms with van der Waals surface area (Å²) < 4.78 is 10.9. The lowest BCUT2D eigenvalue weighted by Gasteiger charge is -2.27. The van der Waals surface area contributed by atoms with Crippen molar-refractivity contribution in [2.24, 2.45) is 0 Å². The summed E-state index contributed by atoms with van der Waals surface area (Å²) in [5, 5.41) is 5.93. The average Bonchev–Trinajstić information content (AvgIpc) is 2.28. The van der Waals surface area contributed by atoms with Crippen molar-refractivity contribution >= 4 is 17.3 Å². The first-order chi connectivity index (χ1) is 7.74. The van der Waals surface area contributed by atoms with Gasteiger partial charge < -0.3 is 20.1 Å². The second-order valence-electron chi connectivity index (χ2n) is 3.90. The van der Waals surface area contributed by atoms with Crippen LogP contribution in [0.4, 0.5) is 11.4 Å². The zero-order valence-corrected chi connectivity index (χ0v) is 8.87. The number of benzene rings is 1. The van der Waals surface area contributed by atoms with E-state index in [2.05, 4.69) is 10.6 Å². The molecule has 0 spiro atoms. The van der Waals surface area contributed by atoms with Gasteiger partial charge in [-0.15, -0.1) is 0 Å². The molecular weight excluding hydrogens is 208 g/mol. The third-order valence-corrected chi connectivity index (χ3v) is 2.71. The first-order valence-corrected chi connectivity index (χ1v) is 5.25. The van der Waals surface area contributed by atoms with E-state index in [1.165, 1.54) is 0 Å². The SMILES string of the molecule is C[C@@H]1Nc2cc3c(cc2NC1=O)OCCO3. The molecule has 5 heteroatoms. The first kappa shape index (κ1) is 9.33. The summed E-state index contributed by atoms with van der Waals surface area (Å²) >= 11 is 0. The fourth-order valence-corrected chi connectivity index (χ4v) is 1.85. The minimum Gasteiger partial charge on any atom is -0.486 e. The Morgan fingerprint density at radius 2 is 1.81 bits per heavy atom. The number of amides is 1. The molecule has 0 unspecified atom stereocenters. The highest BCUT2D eigenvalue weighted by Crippen LogP contribution is 2.39. The molecule has 1 aromatic rings. The second kappa shape index (κ2) is 3.30. The molecule has 0 aliphatic carbocycles. The maximum Gasteiger partial charge on any atom is 0.246 e. The Kier molecular flexibility index (Phi) is 1.92. The van der Waals surface area contributed by atoms with Crippen LogP contribution < -0.4 is 20.1 Å². The van der Waals surface area contributed by atoms with Crippen molar-refractivity contribution in [2.45, 2.75) is 13.0 Å². The van der Waals surface area contributed by atoms with Crippen molar-refractivity contribution in [3.63, 3.8) is 0 Å². The van der Waals surface area contributed by atoms with Gasteiger partial charge in [-0.3, -0.25) is 4.79 Å². The monoisotopic (exact) mass is 220 g/mol. The van der Waals surface area contributed by atoms with Crippen LogP contribution in [-0.2, 0) is 4.79 Å². The molecule has 1 aromatic carbocycles. The standard InChI is InChI=1S/C11H12N2O3/c1-6-11(14)13-8-5-10-9(4-7(8)12-6)15-2-3-16-10/h4-6,12H,2-3H2,1H3,(H,13,14)/t6-/m0/s1. The van der Waals surface area contributed by atoms with E-state index in [-0.39, 0.29) is 11.9 Å². The number of nitrogens with one attached hydrogen (secondary N) is 2. The van der Waals surface area contributed by atoms with Crippen molar-refractivity contribution in [3.05, 3.63) is 12.1 Å². The molecule has 1 amide bonds. The van der Waals surface area contributed by atoms with E-state index in [0.29, 0.717) is 19.0 Å². The van der Waals surface area contributed by atoms with Crippen LogP contribution in [0.5, 0.6) is 11.5 Å². The van der Waals surface area contributed by atoms with Gasteiger partial charge in [-0.1, -0.05) is 0 Å². The largest absolute Gasteiger partial charge is 0.486 e. The van der Waals surface area contributed by atoms with Crippen molar-refractivity contribution in [3.8, 4) is 11.5 Å². The fourth-order valence-electron chi connectivity index (χ4n) is 1.85.